The maximum atomic E-state index is 2.34. The van der Waals surface area contributed by atoms with Crippen LogP contribution in [0.1, 0.15) is 38.9 Å². The van der Waals surface area contributed by atoms with E-state index in [-0.39, 0.29) is 0 Å². The van der Waals surface area contributed by atoms with Crippen molar-refractivity contribution < 1.29 is 0 Å². The van der Waals surface area contributed by atoms with Crippen LogP contribution < -0.4 is 0 Å². The Kier molecular flexibility index (Phi) is 3.56. The van der Waals surface area contributed by atoms with Gasteiger partial charge in [0.15, 0.2) is 0 Å². The molecule has 18 heavy (non-hydrogen) atoms. The van der Waals surface area contributed by atoms with E-state index >= 15 is 0 Å². The van der Waals surface area contributed by atoms with Gasteiger partial charge in [-0.05, 0) is 68.9 Å². The molecule has 0 heterocycles. The molecule has 0 aliphatic rings. The number of rotatable bonds is 2. The van der Waals surface area contributed by atoms with Gasteiger partial charge >= 0.3 is 0 Å². The fraction of sp³-hybridized carbons (Fsp3) is 0.333. The van der Waals surface area contributed by atoms with Crippen LogP contribution in [-0.4, -0.2) is 0 Å². The third kappa shape index (κ3) is 2.81. The lowest BCUT2D eigenvalue weighted by Gasteiger charge is -2.11. The van der Waals surface area contributed by atoms with E-state index in [1.54, 1.807) is 0 Å². The summed E-state index contributed by atoms with van der Waals surface area (Å²) in [6, 6.07) is 11.5. The van der Waals surface area contributed by atoms with Gasteiger partial charge in [-0.25, -0.2) is 0 Å². The lowest BCUT2D eigenvalue weighted by molar-refractivity contribution is 1.12. The maximum absolute atomic E-state index is 2.34. The summed E-state index contributed by atoms with van der Waals surface area (Å²) < 4.78 is 0. The normalized spacial score (nSPS) is 10.7. The van der Waals surface area contributed by atoms with Crippen LogP contribution in [0.25, 0.3) is 0 Å². The van der Waals surface area contributed by atoms with E-state index in [9.17, 15) is 0 Å². The van der Waals surface area contributed by atoms with Crippen LogP contribution >= 0.6 is 0 Å². The minimum absolute atomic E-state index is 1.04. The van der Waals surface area contributed by atoms with Crippen LogP contribution in [0.3, 0.4) is 0 Å². The van der Waals surface area contributed by atoms with Crippen molar-refractivity contribution in [3.8, 4) is 0 Å². The Balaban J connectivity index is 2.36. The van der Waals surface area contributed by atoms with Gasteiger partial charge in [0.2, 0.25) is 0 Å². The second-order valence-corrected chi connectivity index (χ2v) is 5.54. The summed E-state index contributed by atoms with van der Waals surface area (Å²) in [6.45, 7) is 10.9. The number of benzene rings is 2. The molecule has 0 atom stereocenters. The van der Waals surface area contributed by atoms with Crippen LogP contribution in [-0.2, 0) is 6.42 Å². The minimum atomic E-state index is 1.04. The minimum Gasteiger partial charge on any atom is -0.0564 e. The molecule has 2 aromatic carbocycles. The molecule has 0 saturated heterocycles. The van der Waals surface area contributed by atoms with E-state index < -0.39 is 0 Å². The Morgan fingerprint density at radius 2 is 1.17 bits per heavy atom. The van der Waals surface area contributed by atoms with E-state index in [4.69, 9.17) is 0 Å². The molecule has 0 bridgehead atoms. The number of aryl methyl sites for hydroxylation is 5. The second-order valence-electron chi connectivity index (χ2n) is 5.54. The third-order valence-corrected chi connectivity index (χ3v) is 3.63. The van der Waals surface area contributed by atoms with E-state index in [1.807, 2.05) is 0 Å². The zero-order valence-electron chi connectivity index (χ0n) is 12.1. The molecule has 2 aromatic rings. The molecule has 0 nitrogen and oxygen atoms in total. The highest BCUT2D eigenvalue weighted by atomic mass is 14.1. The molecule has 0 radical (unpaired) electrons. The predicted octanol–water partition coefficient (Wildman–Crippen LogP) is 4.82. The van der Waals surface area contributed by atoms with Crippen molar-refractivity contribution in [1.29, 1.82) is 0 Å². The Bertz CT molecular complexity index is 557. The molecule has 2 rings (SSSR count). The third-order valence-electron chi connectivity index (χ3n) is 3.63. The molecule has 0 aromatic heterocycles. The van der Waals surface area contributed by atoms with Crippen molar-refractivity contribution in [2.24, 2.45) is 0 Å². The summed E-state index contributed by atoms with van der Waals surface area (Å²) in [4.78, 5) is 0. The largest absolute Gasteiger partial charge is 0.0564 e. The topological polar surface area (TPSA) is 0 Å². The zero-order valence-corrected chi connectivity index (χ0v) is 12.1. The Hall–Kier alpha value is -1.56. The lowest BCUT2D eigenvalue weighted by atomic mass is 9.94. The maximum Gasteiger partial charge on any atom is -0.00228 e. The number of hydrogen-bond acceptors (Lipinski definition) is 0. The van der Waals surface area contributed by atoms with Gasteiger partial charge in [-0.15, -0.1) is 0 Å². The van der Waals surface area contributed by atoms with Crippen molar-refractivity contribution in [3.63, 3.8) is 0 Å². The van der Waals surface area contributed by atoms with E-state index in [0.29, 0.717) is 0 Å². The van der Waals surface area contributed by atoms with Crippen molar-refractivity contribution in [1.82, 2.24) is 0 Å². The van der Waals surface area contributed by atoms with Gasteiger partial charge in [-0.1, -0.05) is 41.5 Å². The van der Waals surface area contributed by atoms with E-state index in [0.717, 1.165) is 6.42 Å². The smallest absolute Gasteiger partial charge is 0.00228 e. The average Bonchev–Trinajstić information content (AvgIpc) is 2.24. The van der Waals surface area contributed by atoms with Gasteiger partial charge in [0.05, 0.1) is 0 Å². The standard InChI is InChI=1S/C18H22/c1-12-6-13(2)8-17(7-12)11-18-10-15(4)14(3)9-16(18)5/h6-10H,11H2,1-5H3. The summed E-state index contributed by atoms with van der Waals surface area (Å²) in [6.07, 6.45) is 1.04. The fourth-order valence-corrected chi connectivity index (χ4v) is 2.60. The molecule has 0 aliphatic carbocycles. The summed E-state index contributed by atoms with van der Waals surface area (Å²) in [5.74, 6) is 0. The molecule has 0 spiro atoms. The molecule has 0 fully saturated rings. The monoisotopic (exact) mass is 238 g/mol. The Labute approximate surface area is 111 Å². The molecule has 0 amide bonds. The van der Waals surface area contributed by atoms with E-state index in [2.05, 4.69) is 65.0 Å². The van der Waals surface area contributed by atoms with Gasteiger partial charge in [-0.3, -0.25) is 0 Å². The highest BCUT2D eigenvalue weighted by molar-refractivity contribution is 5.40. The first-order chi connectivity index (χ1) is 8.45. The van der Waals surface area contributed by atoms with Gasteiger partial charge in [0.25, 0.3) is 0 Å². The van der Waals surface area contributed by atoms with Crippen molar-refractivity contribution in [3.05, 3.63) is 69.3 Å². The van der Waals surface area contributed by atoms with Crippen molar-refractivity contribution >= 4 is 0 Å². The molecular weight excluding hydrogens is 216 g/mol. The summed E-state index contributed by atoms with van der Waals surface area (Å²) >= 11 is 0. The lowest BCUT2D eigenvalue weighted by Crippen LogP contribution is -1.96. The van der Waals surface area contributed by atoms with E-state index in [1.165, 1.54) is 38.9 Å². The molecule has 0 N–H and O–H groups in total. The predicted molar refractivity (Wildman–Crippen MR) is 79.4 cm³/mol. The van der Waals surface area contributed by atoms with Gasteiger partial charge in [0.1, 0.15) is 0 Å². The quantitative estimate of drug-likeness (QED) is 0.703. The summed E-state index contributed by atoms with van der Waals surface area (Å²) in [7, 11) is 0. The highest BCUT2D eigenvalue weighted by Crippen LogP contribution is 2.20. The summed E-state index contributed by atoms with van der Waals surface area (Å²) in [5.41, 5.74) is 9.74. The average molecular weight is 238 g/mol. The fourth-order valence-electron chi connectivity index (χ4n) is 2.60. The second kappa shape index (κ2) is 4.97. The summed E-state index contributed by atoms with van der Waals surface area (Å²) in [5, 5.41) is 0. The van der Waals surface area contributed by atoms with Crippen molar-refractivity contribution in [2.45, 2.75) is 41.0 Å². The molecule has 94 valence electrons. The molecule has 0 aliphatic heterocycles. The first-order valence-electron chi connectivity index (χ1n) is 6.59. The van der Waals surface area contributed by atoms with Gasteiger partial charge in [-0.2, -0.15) is 0 Å². The highest BCUT2D eigenvalue weighted by Gasteiger charge is 2.04. The molecular formula is C18H22. The first kappa shape index (κ1) is 12.9. The van der Waals surface area contributed by atoms with Crippen LogP contribution in [0, 0.1) is 34.6 Å². The zero-order chi connectivity index (χ0) is 13.3. The van der Waals surface area contributed by atoms with Crippen LogP contribution in [0.2, 0.25) is 0 Å². The SMILES string of the molecule is Cc1cc(C)cc(Cc2cc(C)c(C)cc2C)c1. The van der Waals surface area contributed by atoms with Crippen LogP contribution in [0.5, 0.6) is 0 Å². The van der Waals surface area contributed by atoms with Gasteiger partial charge in [0, 0.05) is 0 Å². The molecule has 0 unspecified atom stereocenters. The van der Waals surface area contributed by atoms with Crippen LogP contribution in [0.4, 0.5) is 0 Å². The van der Waals surface area contributed by atoms with Gasteiger partial charge < -0.3 is 0 Å². The molecule has 0 saturated carbocycles. The Morgan fingerprint density at radius 1 is 0.611 bits per heavy atom. The first-order valence-corrected chi connectivity index (χ1v) is 6.59. The molecule has 0 heteroatoms. The van der Waals surface area contributed by atoms with Crippen molar-refractivity contribution in [2.75, 3.05) is 0 Å². The Morgan fingerprint density at radius 3 is 1.78 bits per heavy atom. The number of hydrogen-bond donors (Lipinski definition) is 0. The van der Waals surface area contributed by atoms with Crippen LogP contribution in [0.15, 0.2) is 30.3 Å².